The number of hydrogen-bond donors (Lipinski definition) is 0. The molecule has 96 valence electrons. The highest BCUT2D eigenvalue weighted by atomic mass is 19.4. The number of rotatable bonds is 5. The first-order valence-corrected chi connectivity index (χ1v) is 4.99. The molecule has 1 unspecified atom stereocenters. The van der Waals surface area contributed by atoms with Crippen molar-refractivity contribution in [2.75, 3.05) is 13.7 Å². The molecule has 0 N–H and O–H groups in total. The zero-order valence-corrected chi connectivity index (χ0v) is 9.42. The van der Waals surface area contributed by atoms with Gasteiger partial charge in [-0.3, -0.25) is 0 Å². The number of halogens is 4. The van der Waals surface area contributed by atoms with Crippen LogP contribution in [-0.2, 0) is 4.74 Å². The molecule has 0 aliphatic carbocycles. The van der Waals surface area contributed by atoms with Gasteiger partial charge >= 0.3 is 6.98 Å². The number of ether oxygens (including phenoxy) is 2. The maximum absolute atomic E-state index is 13.2. The van der Waals surface area contributed by atoms with Gasteiger partial charge in [0.2, 0.25) is 0 Å². The summed E-state index contributed by atoms with van der Waals surface area (Å²) in [4.78, 5) is 0. The lowest BCUT2D eigenvalue weighted by Crippen LogP contribution is -2.34. The van der Waals surface area contributed by atoms with E-state index in [1.165, 1.54) is 7.11 Å². The Hall–Kier alpha value is -1.24. The third kappa shape index (κ3) is 3.92. The summed E-state index contributed by atoms with van der Waals surface area (Å²) < 4.78 is 60.3. The predicted molar refractivity (Wildman–Crippen MR) is 57.1 cm³/mol. The summed E-state index contributed by atoms with van der Waals surface area (Å²) in [6.07, 6.45) is -0.523. The van der Waals surface area contributed by atoms with Gasteiger partial charge < -0.3 is 22.4 Å². The lowest BCUT2D eigenvalue weighted by Gasteiger charge is -2.19. The molecule has 2 nitrogen and oxygen atoms in total. The Balaban J connectivity index is 2.91. The first-order valence-electron chi connectivity index (χ1n) is 4.99. The second-order valence-electron chi connectivity index (χ2n) is 3.65. The molecule has 1 rings (SSSR count). The topological polar surface area (TPSA) is 18.5 Å². The minimum Gasteiger partial charge on any atom is -0.485 e. The number of hydrogen-bond acceptors (Lipinski definition) is 2. The highest BCUT2D eigenvalue weighted by Gasteiger charge is 2.26. The molecular formula is C10H12BF4O2-. The second-order valence-corrected chi connectivity index (χ2v) is 3.65. The van der Waals surface area contributed by atoms with Crippen LogP contribution < -0.4 is 10.2 Å². The van der Waals surface area contributed by atoms with Crippen molar-refractivity contribution in [3.63, 3.8) is 0 Å². The van der Waals surface area contributed by atoms with Crippen LogP contribution in [0.3, 0.4) is 0 Å². The summed E-state index contributed by atoms with van der Waals surface area (Å²) in [7, 11) is 1.42. The third-order valence-electron chi connectivity index (χ3n) is 2.06. The molecule has 1 atom stereocenters. The Morgan fingerprint density at radius 3 is 2.47 bits per heavy atom. The van der Waals surface area contributed by atoms with Crippen molar-refractivity contribution in [3.8, 4) is 5.75 Å². The Morgan fingerprint density at radius 1 is 1.29 bits per heavy atom. The zero-order chi connectivity index (χ0) is 13.1. The third-order valence-corrected chi connectivity index (χ3v) is 2.06. The largest absolute Gasteiger partial charge is 0.509 e. The molecule has 0 bridgehead atoms. The van der Waals surface area contributed by atoms with Crippen LogP contribution in [0.1, 0.15) is 6.92 Å². The SMILES string of the molecule is COCC(C)Oc1cc([B-](F)(F)F)ccc1F. The van der Waals surface area contributed by atoms with Crippen molar-refractivity contribution in [2.45, 2.75) is 13.0 Å². The zero-order valence-electron chi connectivity index (χ0n) is 9.42. The molecule has 0 fully saturated rings. The van der Waals surface area contributed by atoms with E-state index in [9.17, 15) is 17.3 Å². The van der Waals surface area contributed by atoms with Gasteiger partial charge in [0.1, 0.15) is 6.10 Å². The molecule has 17 heavy (non-hydrogen) atoms. The molecule has 0 aromatic heterocycles. The summed E-state index contributed by atoms with van der Waals surface area (Å²) >= 11 is 0. The molecule has 0 heterocycles. The summed E-state index contributed by atoms with van der Waals surface area (Å²) in [5, 5.41) is 0. The van der Waals surface area contributed by atoms with E-state index in [2.05, 4.69) is 0 Å². The van der Waals surface area contributed by atoms with Crippen molar-refractivity contribution in [2.24, 2.45) is 0 Å². The standard InChI is InChI=1S/C10H12BF4O2/c1-7(6-16-2)17-10-5-8(11(13,14)15)3-4-9(10)12/h3-5,7H,6H2,1-2H3/q-1. The summed E-state index contributed by atoms with van der Waals surface area (Å²) in [5.74, 6) is -1.23. The van der Waals surface area contributed by atoms with Crippen LogP contribution in [0, 0.1) is 5.82 Å². The highest BCUT2D eigenvalue weighted by molar-refractivity contribution is 6.73. The monoisotopic (exact) mass is 251 g/mol. The summed E-state index contributed by atoms with van der Waals surface area (Å²) in [5.41, 5.74) is -0.883. The molecule has 0 amide bonds. The van der Waals surface area contributed by atoms with Gasteiger partial charge in [-0.1, -0.05) is 6.07 Å². The first kappa shape index (κ1) is 13.8. The molecule has 0 radical (unpaired) electrons. The van der Waals surface area contributed by atoms with Crippen LogP contribution in [0.25, 0.3) is 0 Å². The fourth-order valence-corrected chi connectivity index (χ4v) is 1.30. The minimum absolute atomic E-state index is 0.167. The van der Waals surface area contributed by atoms with Crippen LogP contribution in [0.2, 0.25) is 0 Å². The Kier molecular flexibility index (Phi) is 4.39. The number of methoxy groups -OCH3 is 1. The maximum atomic E-state index is 13.2. The molecule has 0 aliphatic heterocycles. The molecule has 0 aliphatic rings. The van der Waals surface area contributed by atoms with Gasteiger partial charge in [0.15, 0.2) is 11.6 Å². The predicted octanol–water partition coefficient (Wildman–Crippen LogP) is 2.29. The number of benzene rings is 1. The molecule has 7 heteroatoms. The smallest absolute Gasteiger partial charge is 0.485 e. The summed E-state index contributed by atoms with van der Waals surface area (Å²) in [6, 6.07) is 2.12. The second kappa shape index (κ2) is 5.40. The van der Waals surface area contributed by atoms with E-state index in [-0.39, 0.29) is 6.61 Å². The van der Waals surface area contributed by atoms with E-state index >= 15 is 0 Å². The van der Waals surface area contributed by atoms with Crippen LogP contribution in [0.4, 0.5) is 17.3 Å². The summed E-state index contributed by atoms with van der Waals surface area (Å²) in [6.45, 7) is -3.41. The van der Waals surface area contributed by atoms with Gasteiger partial charge in [-0.25, -0.2) is 4.39 Å². The van der Waals surface area contributed by atoms with Crippen LogP contribution in [0.5, 0.6) is 5.75 Å². The van der Waals surface area contributed by atoms with E-state index in [4.69, 9.17) is 9.47 Å². The van der Waals surface area contributed by atoms with Gasteiger partial charge in [-0.15, -0.1) is 5.46 Å². The molecule has 0 saturated heterocycles. The van der Waals surface area contributed by atoms with E-state index in [1.807, 2.05) is 0 Å². The van der Waals surface area contributed by atoms with Gasteiger partial charge in [-0.05, 0) is 19.1 Å². The van der Waals surface area contributed by atoms with Crippen LogP contribution in [-0.4, -0.2) is 26.8 Å². The molecule has 1 aromatic rings. The molecular weight excluding hydrogens is 239 g/mol. The Morgan fingerprint density at radius 2 is 1.94 bits per heavy atom. The van der Waals surface area contributed by atoms with E-state index in [0.29, 0.717) is 12.1 Å². The van der Waals surface area contributed by atoms with E-state index in [0.717, 1.165) is 6.07 Å². The van der Waals surface area contributed by atoms with Crippen molar-refractivity contribution in [3.05, 3.63) is 24.0 Å². The van der Waals surface area contributed by atoms with Gasteiger partial charge in [-0.2, -0.15) is 0 Å². The van der Waals surface area contributed by atoms with Gasteiger partial charge in [0, 0.05) is 7.11 Å². The fraction of sp³-hybridized carbons (Fsp3) is 0.400. The average molecular weight is 251 g/mol. The van der Waals surface area contributed by atoms with E-state index in [1.54, 1.807) is 6.92 Å². The average Bonchev–Trinajstić information content (AvgIpc) is 2.20. The van der Waals surface area contributed by atoms with Crippen molar-refractivity contribution >= 4 is 12.4 Å². The van der Waals surface area contributed by atoms with Crippen molar-refractivity contribution in [1.82, 2.24) is 0 Å². The fourth-order valence-electron chi connectivity index (χ4n) is 1.30. The molecule has 0 saturated carbocycles. The quantitative estimate of drug-likeness (QED) is 0.590. The normalized spacial score (nSPS) is 13.5. The molecule has 0 spiro atoms. The van der Waals surface area contributed by atoms with Gasteiger partial charge in [0.25, 0.3) is 0 Å². The van der Waals surface area contributed by atoms with Crippen molar-refractivity contribution < 1.29 is 26.8 Å². The Bertz CT molecular complexity index is 381. The first-order chi connectivity index (χ1) is 7.84. The lowest BCUT2D eigenvalue weighted by atomic mass is 9.80. The van der Waals surface area contributed by atoms with Crippen LogP contribution >= 0.6 is 0 Å². The lowest BCUT2D eigenvalue weighted by molar-refractivity contribution is 0.0893. The van der Waals surface area contributed by atoms with Gasteiger partial charge in [0.05, 0.1) is 6.61 Å². The van der Waals surface area contributed by atoms with Crippen LogP contribution in [0.15, 0.2) is 18.2 Å². The molecule has 1 aromatic carbocycles. The van der Waals surface area contributed by atoms with E-state index < -0.39 is 30.1 Å². The maximum Gasteiger partial charge on any atom is 0.509 e. The van der Waals surface area contributed by atoms with Crippen molar-refractivity contribution in [1.29, 1.82) is 0 Å². The highest BCUT2D eigenvalue weighted by Crippen LogP contribution is 2.19. The minimum atomic E-state index is -5.16. The Labute approximate surface area is 96.6 Å².